The SMILES string of the molecule is COc1ccc(C(=O)/C(Cc2ccc(OCc3ccccc3)cc2)=C(/C(=O)[O-])c2ccc3nsnc3c2)cc1.[Na+]. The Kier molecular flexibility index (Phi) is 9.84. The summed E-state index contributed by atoms with van der Waals surface area (Å²) in [5.41, 5.74) is 3.56. The topological polar surface area (TPSA) is 101 Å². The van der Waals surface area contributed by atoms with Gasteiger partial charge in [0.15, 0.2) is 5.78 Å². The molecule has 194 valence electrons. The number of ketones is 1. The van der Waals surface area contributed by atoms with Gasteiger partial charge in [-0.15, -0.1) is 0 Å². The molecule has 5 aromatic rings. The molecule has 0 unspecified atom stereocenters. The number of carboxylic acids is 1. The van der Waals surface area contributed by atoms with Gasteiger partial charge < -0.3 is 19.4 Å². The van der Waals surface area contributed by atoms with Crippen LogP contribution < -0.4 is 44.1 Å². The molecule has 0 saturated heterocycles. The van der Waals surface area contributed by atoms with Crippen LogP contribution in [0.1, 0.15) is 27.0 Å². The predicted molar refractivity (Wildman–Crippen MR) is 148 cm³/mol. The Hall–Kier alpha value is -3.82. The van der Waals surface area contributed by atoms with Crippen LogP contribution in [0.4, 0.5) is 0 Å². The van der Waals surface area contributed by atoms with Crippen molar-refractivity contribution in [3.05, 3.63) is 125 Å². The van der Waals surface area contributed by atoms with E-state index in [9.17, 15) is 14.7 Å². The number of carbonyl (C=O) groups excluding carboxylic acids is 2. The Morgan fingerprint density at radius 2 is 1.43 bits per heavy atom. The van der Waals surface area contributed by atoms with Crippen molar-refractivity contribution in [2.24, 2.45) is 0 Å². The van der Waals surface area contributed by atoms with E-state index >= 15 is 0 Å². The number of methoxy groups -OCH3 is 1. The monoisotopic (exact) mass is 558 g/mol. The quantitative estimate of drug-likeness (QED) is 0.147. The first-order chi connectivity index (χ1) is 19.0. The molecule has 9 heteroatoms. The smallest absolute Gasteiger partial charge is 0.545 e. The maximum Gasteiger partial charge on any atom is 1.00 e. The van der Waals surface area contributed by atoms with Gasteiger partial charge in [-0.1, -0.05) is 48.5 Å². The standard InChI is InChI=1S/C31H24N2O5S.Na/c1-37-24-14-9-22(10-15-24)30(34)26(29(31(35)36)23-11-16-27-28(18-23)33-39-32-27)17-20-7-12-25(13-8-20)38-19-21-5-3-2-4-6-21;/h2-16,18H,17,19H2,1H3,(H,35,36);/q;+1/p-1/b29-26+;. The van der Waals surface area contributed by atoms with Gasteiger partial charge in [-0.25, -0.2) is 0 Å². The van der Waals surface area contributed by atoms with Gasteiger partial charge in [-0.2, -0.15) is 8.75 Å². The Labute approximate surface area is 257 Å². The van der Waals surface area contributed by atoms with Crippen molar-refractivity contribution in [2.45, 2.75) is 13.0 Å². The third-order valence-electron chi connectivity index (χ3n) is 6.23. The maximum absolute atomic E-state index is 13.8. The van der Waals surface area contributed by atoms with E-state index in [1.807, 2.05) is 42.5 Å². The van der Waals surface area contributed by atoms with E-state index in [1.165, 1.54) is 7.11 Å². The Morgan fingerprint density at radius 1 is 0.775 bits per heavy atom. The summed E-state index contributed by atoms with van der Waals surface area (Å²) >= 11 is 1.03. The van der Waals surface area contributed by atoms with Crippen LogP contribution in [0.25, 0.3) is 16.6 Å². The minimum Gasteiger partial charge on any atom is -0.545 e. The van der Waals surface area contributed by atoms with E-state index in [1.54, 1.807) is 54.6 Å². The van der Waals surface area contributed by atoms with Crippen LogP contribution in [-0.4, -0.2) is 27.6 Å². The number of Topliss-reactive ketones (excluding diaryl/α,β-unsaturated/α-hetero) is 1. The van der Waals surface area contributed by atoms with E-state index in [-0.39, 0.29) is 47.1 Å². The third-order valence-corrected chi connectivity index (χ3v) is 6.78. The Morgan fingerprint density at radius 3 is 2.10 bits per heavy atom. The van der Waals surface area contributed by atoms with E-state index in [2.05, 4.69) is 8.75 Å². The molecule has 0 spiro atoms. The zero-order valence-electron chi connectivity index (χ0n) is 22.0. The fraction of sp³-hybridized carbons (Fsp3) is 0.0968. The molecule has 0 N–H and O–H groups in total. The van der Waals surface area contributed by atoms with Crippen LogP contribution >= 0.6 is 11.7 Å². The molecule has 0 bridgehead atoms. The molecule has 0 amide bonds. The fourth-order valence-corrected chi connectivity index (χ4v) is 4.72. The molecule has 40 heavy (non-hydrogen) atoms. The molecule has 0 saturated carbocycles. The number of aromatic nitrogens is 2. The molecule has 1 aromatic heterocycles. The summed E-state index contributed by atoms with van der Waals surface area (Å²) in [6.07, 6.45) is 0.0699. The number of carboxylic acid groups (broad SMARTS) is 1. The Balaban J connectivity index is 0.00000370. The van der Waals surface area contributed by atoms with E-state index < -0.39 is 11.8 Å². The van der Waals surface area contributed by atoms with Crippen molar-refractivity contribution in [3.63, 3.8) is 0 Å². The summed E-state index contributed by atoms with van der Waals surface area (Å²) in [6, 6.07) is 28.5. The number of ether oxygens (including phenoxy) is 2. The van der Waals surface area contributed by atoms with Gasteiger partial charge in [0.25, 0.3) is 0 Å². The van der Waals surface area contributed by atoms with E-state index in [4.69, 9.17) is 9.47 Å². The van der Waals surface area contributed by atoms with Crippen molar-refractivity contribution in [2.75, 3.05) is 7.11 Å². The molecule has 1 heterocycles. The van der Waals surface area contributed by atoms with Gasteiger partial charge in [0.1, 0.15) is 29.1 Å². The molecular formula is C31H23N2NaO5S. The van der Waals surface area contributed by atoms with Crippen LogP contribution in [-0.2, 0) is 17.8 Å². The van der Waals surface area contributed by atoms with Gasteiger partial charge in [-0.3, -0.25) is 4.79 Å². The Bertz CT molecular complexity index is 1650. The number of rotatable bonds is 10. The summed E-state index contributed by atoms with van der Waals surface area (Å²) < 4.78 is 19.5. The molecular weight excluding hydrogens is 535 g/mol. The van der Waals surface area contributed by atoms with Crippen LogP contribution in [0.15, 0.2) is 103 Å². The number of nitrogens with zero attached hydrogens (tertiary/aromatic N) is 2. The first-order valence-corrected chi connectivity index (χ1v) is 12.9. The van der Waals surface area contributed by atoms with Gasteiger partial charge in [0.05, 0.1) is 24.8 Å². The van der Waals surface area contributed by atoms with Crippen LogP contribution in [0.5, 0.6) is 11.5 Å². The number of fused-ring (bicyclic) bond motifs is 1. The number of carbonyl (C=O) groups is 2. The average Bonchev–Trinajstić information content (AvgIpc) is 3.45. The van der Waals surface area contributed by atoms with Gasteiger partial charge >= 0.3 is 29.6 Å². The normalized spacial score (nSPS) is 11.3. The van der Waals surface area contributed by atoms with E-state index in [0.717, 1.165) is 22.9 Å². The number of hydrogen-bond donors (Lipinski definition) is 0. The van der Waals surface area contributed by atoms with Crippen LogP contribution in [0.2, 0.25) is 0 Å². The number of benzene rings is 4. The molecule has 0 aliphatic carbocycles. The number of aliphatic carboxylic acids is 1. The van der Waals surface area contributed by atoms with Crippen molar-refractivity contribution < 1.29 is 53.7 Å². The first kappa shape index (κ1) is 29.2. The van der Waals surface area contributed by atoms with Gasteiger partial charge in [0.2, 0.25) is 0 Å². The number of allylic oxidation sites excluding steroid dienone is 1. The molecule has 5 rings (SSSR count). The largest absolute Gasteiger partial charge is 1.00 e. The van der Waals surface area contributed by atoms with Crippen molar-refractivity contribution >= 4 is 40.1 Å². The molecule has 0 aliphatic rings. The average molecular weight is 559 g/mol. The van der Waals surface area contributed by atoms with Crippen LogP contribution in [0.3, 0.4) is 0 Å². The third kappa shape index (κ3) is 6.84. The zero-order valence-corrected chi connectivity index (χ0v) is 24.8. The minimum atomic E-state index is -1.45. The minimum absolute atomic E-state index is 0. The summed E-state index contributed by atoms with van der Waals surface area (Å²) in [6.45, 7) is 0.421. The second-order valence-corrected chi connectivity index (χ2v) is 9.29. The zero-order chi connectivity index (χ0) is 27.2. The maximum atomic E-state index is 13.8. The molecule has 4 aromatic carbocycles. The van der Waals surface area contributed by atoms with Crippen LogP contribution in [0, 0.1) is 0 Å². The van der Waals surface area contributed by atoms with Crippen molar-refractivity contribution in [1.82, 2.24) is 8.75 Å². The van der Waals surface area contributed by atoms with E-state index in [0.29, 0.717) is 40.3 Å². The summed E-state index contributed by atoms with van der Waals surface area (Å²) in [5.74, 6) is -0.615. The van der Waals surface area contributed by atoms with Gasteiger partial charge in [-0.05, 0) is 65.2 Å². The molecule has 0 atom stereocenters. The predicted octanol–water partition coefficient (Wildman–Crippen LogP) is 1.91. The first-order valence-electron chi connectivity index (χ1n) is 12.1. The summed E-state index contributed by atoms with van der Waals surface area (Å²) in [5, 5.41) is 12.5. The molecule has 0 radical (unpaired) electrons. The second kappa shape index (κ2) is 13.5. The number of hydrogen-bond acceptors (Lipinski definition) is 8. The van der Waals surface area contributed by atoms with Crippen molar-refractivity contribution in [3.8, 4) is 11.5 Å². The molecule has 7 nitrogen and oxygen atoms in total. The molecule has 0 fully saturated rings. The summed E-state index contributed by atoms with van der Waals surface area (Å²) in [4.78, 5) is 26.3. The summed E-state index contributed by atoms with van der Waals surface area (Å²) in [7, 11) is 1.53. The fourth-order valence-electron chi connectivity index (χ4n) is 4.20. The van der Waals surface area contributed by atoms with Gasteiger partial charge in [0, 0.05) is 23.1 Å². The van der Waals surface area contributed by atoms with Crippen molar-refractivity contribution in [1.29, 1.82) is 0 Å². The molecule has 0 aliphatic heterocycles. The second-order valence-electron chi connectivity index (χ2n) is 8.76.